The molecule has 1 aliphatic rings. The highest BCUT2D eigenvalue weighted by molar-refractivity contribution is 7.92. The summed E-state index contributed by atoms with van der Waals surface area (Å²) in [5.41, 5.74) is 1.41. The van der Waals surface area contributed by atoms with Crippen LogP contribution in [0.3, 0.4) is 0 Å². The van der Waals surface area contributed by atoms with Crippen LogP contribution in [0.25, 0.3) is 0 Å². The van der Waals surface area contributed by atoms with Gasteiger partial charge in [-0.05, 0) is 55.8 Å². The number of carbonyl (C=O) groups is 1. The Bertz CT molecular complexity index is 1340. The number of anilines is 2. The fourth-order valence-corrected chi connectivity index (χ4v) is 5.77. The Hall–Kier alpha value is -3.90. The molecule has 2 aromatic carbocycles. The molecule has 0 aliphatic carbocycles. The Morgan fingerprint density at radius 3 is 2.57 bits per heavy atom. The second kappa shape index (κ2) is 10.6. The molecule has 2 heterocycles. The predicted molar refractivity (Wildman–Crippen MR) is 135 cm³/mol. The molecule has 1 aliphatic heterocycles. The van der Waals surface area contributed by atoms with Gasteiger partial charge in [-0.15, -0.1) is 0 Å². The van der Waals surface area contributed by atoms with Crippen LogP contribution in [0.4, 0.5) is 11.5 Å². The van der Waals surface area contributed by atoms with E-state index in [2.05, 4.69) is 11.1 Å². The lowest BCUT2D eigenvalue weighted by molar-refractivity contribution is 0.0766. The molecule has 0 radical (unpaired) electrons. The van der Waals surface area contributed by atoms with Gasteiger partial charge < -0.3 is 9.80 Å². The van der Waals surface area contributed by atoms with E-state index in [1.54, 1.807) is 66.6 Å². The van der Waals surface area contributed by atoms with Crippen LogP contribution in [0, 0.1) is 11.3 Å². The zero-order valence-corrected chi connectivity index (χ0v) is 20.4. The summed E-state index contributed by atoms with van der Waals surface area (Å²) in [7, 11) is -3.84. The van der Waals surface area contributed by atoms with Gasteiger partial charge in [0.25, 0.3) is 15.9 Å². The van der Waals surface area contributed by atoms with E-state index in [-0.39, 0.29) is 17.3 Å². The number of para-hydroxylation sites is 1. The summed E-state index contributed by atoms with van der Waals surface area (Å²) in [4.78, 5) is 21.5. The molecule has 1 aromatic heterocycles. The number of nitriles is 1. The summed E-state index contributed by atoms with van der Waals surface area (Å²) >= 11 is 0. The average Bonchev–Trinajstić information content (AvgIpc) is 3.15. The molecule has 0 unspecified atom stereocenters. The van der Waals surface area contributed by atoms with Gasteiger partial charge in [-0.1, -0.05) is 24.3 Å². The van der Waals surface area contributed by atoms with Gasteiger partial charge in [-0.2, -0.15) is 5.26 Å². The number of nitrogens with zero attached hydrogens (tertiary/aromatic N) is 5. The van der Waals surface area contributed by atoms with E-state index in [0.717, 1.165) is 0 Å². The van der Waals surface area contributed by atoms with Crippen LogP contribution in [0.2, 0.25) is 0 Å². The molecule has 0 bridgehead atoms. The van der Waals surface area contributed by atoms with Crippen LogP contribution < -0.4 is 9.21 Å². The van der Waals surface area contributed by atoms with Crippen LogP contribution in [-0.2, 0) is 10.0 Å². The highest BCUT2D eigenvalue weighted by Gasteiger charge is 2.26. The molecule has 3 aromatic rings. The molecule has 0 spiro atoms. The Morgan fingerprint density at radius 1 is 1.03 bits per heavy atom. The molecule has 8 nitrogen and oxygen atoms in total. The molecule has 1 amide bonds. The molecule has 9 heteroatoms. The maximum atomic E-state index is 13.4. The number of amides is 1. The number of hydrogen-bond acceptors (Lipinski definition) is 6. The standard InChI is InChI=1S/C26H27N5O3S/c1-2-31(23-11-4-3-5-12-23)35(33,34)24-13-6-9-21(19-24)26(32)30-16-8-15-29(17-18-30)25-22(20-27)10-7-14-28-25/h3-7,9-14,19H,2,8,15-18H2,1H3. The molecule has 0 saturated carbocycles. The summed E-state index contributed by atoms with van der Waals surface area (Å²) in [6.07, 6.45) is 2.37. The van der Waals surface area contributed by atoms with Crippen molar-refractivity contribution in [2.75, 3.05) is 41.9 Å². The fraction of sp³-hybridized carbons (Fsp3) is 0.269. The Kier molecular flexibility index (Phi) is 7.32. The molecular weight excluding hydrogens is 462 g/mol. The highest BCUT2D eigenvalue weighted by Crippen LogP contribution is 2.25. The second-order valence-corrected chi connectivity index (χ2v) is 10.0. The van der Waals surface area contributed by atoms with Crippen LogP contribution in [-0.4, -0.2) is 56.9 Å². The molecular formula is C26H27N5O3S. The van der Waals surface area contributed by atoms with Gasteiger partial charge in [0.1, 0.15) is 11.9 Å². The first kappa shape index (κ1) is 24.2. The summed E-state index contributed by atoms with van der Waals surface area (Å²) in [5, 5.41) is 9.40. The maximum absolute atomic E-state index is 13.4. The topological polar surface area (TPSA) is 97.6 Å². The number of hydrogen-bond donors (Lipinski definition) is 0. The van der Waals surface area contributed by atoms with Crippen LogP contribution in [0.1, 0.15) is 29.3 Å². The SMILES string of the molecule is CCN(c1ccccc1)S(=O)(=O)c1cccc(C(=O)N2CCCN(c3ncccc3C#N)CC2)c1. The molecule has 0 atom stereocenters. The molecule has 0 N–H and O–H groups in total. The van der Waals surface area contributed by atoms with Gasteiger partial charge in [0.2, 0.25) is 0 Å². The van der Waals surface area contributed by atoms with E-state index in [0.29, 0.717) is 55.2 Å². The molecule has 35 heavy (non-hydrogen) atoms. The van der Waals surface area contributed by atoms with E-state index in [4.69, 9.17) is 0 Å². The minimum Gasteiger partial charge on any atom is -0.354 e. The van der Waals surface area contributed by atoms with E-state index in [9.17, 15) is 18.5 Å². The zero-order valence-electron chi connectivity index (χ0n) is 19.5. The number of pyridine rings is 1. The van der Waals surface area contributed by atoms with Crippen molar-refractivity contribution in [3.63, 3.8) is 0 Å². The minimum atomic E-state index is -3.84. The van der Waals surface area contributed by atoms with E-state index in [1.807, 2.05) is 11.0 Å². The number of aromatic nitrogens is 1. The van der Waals surface area contributed by atoms with Gasteiger partial charge in [-0.25, -0.2) is 13.4 Å². The number of rotatable bonds is 6. The fourth-order valence-electron chi connectivity index (χ4n) is 4.25. The normalized spacial score (nSPS) is 14.2. The number of benzene rings is 2. The lowest BCUT2D eigenvalue weighted by atomic mass is 10.2. The summed E-state index contributed by atoms with van der Waals surface area (Å²) in [5.74, 6) is 0.408. The molecule has 1 fully saturated rings. The summed E-state index contributed by atoms with van der Waals surface area (Å²) in [6, 6.07) is 20.8. The van der Waals surface area contributed by atoms with Gasteiger partial charge in [0, 0.05) is 44.5 Å². The largest absolute Gasteiger partial charge is 0.354 e. The third-order valence-electron chi connectivity index (χ3n) is 5.99. The van der Waals surface area contributed by atoms with E-state index < -0.39 is 10.0 Å². The first-order valence-corrected chi connectivity index (χ1v) is 13.0. The highest BCUT2D eigenvalue weighted by atomic mass is 32.2. The first-order valence-electron chi connectivity index (χ1n) is 11.5. The van der Waals surface area contributed by atoms with Crippen LogP contribution >= 0.6 is 0 Å². The van der Waals surface area contributed by atoms with Crippen molar-refractivity contribution < 1.29 is 13.2 Å². The Labute approximate surface area is 206 Å². The van der Waals surface area contributed by atoms with Gasteiger partial charge in [-0.3, -0.25) is 9.10 Å². The Morgan fingerprint density at radius 2 is 1.83 bits per heavy atom. The molecule has 180 valence electrons. The third kappa shape index (κ3) is 5.12. The first-order chi connectivity index (χ1) is 17.0. The minimum absolute atomic E-state index is 0.0812. The van der Waals surface area contributed by atoms with Crippen molar-refractivity contribution in [1.82, 2.24) is 9.88 Å². The third-order valence-corrected chi connectivity index (χ3v) is 7.89. The quantitative estimate of drug-likeness (QED) is 0.526. The van der Waals surface area contributed by atoms with Crippen LogP contribution in [0.5, 0.6) is 0 Å². The predicted octanol–water partition coefficient (Wildman–Crippen LogP) is 3.52. The lowest BCUT2D eigenvalue weighted by Gasteiger charge is -2.24. The van der Waals surface area contributed by atoms with Crippen molar-refractivity contribution in [3.05, 3.63) is 84.1 Å². The summed E-state index contributed by atoms with van der Waals surface area (Å²) < 4.78 is 28.1. The monoisotopic (exact) mass is 489 g/mol. The van der Waals surface area contributed by atoms with E-state index >= 15 is 0 Å². The van der Waals surface area contributed by atoms with Crippen molar-refractivity contribution in [2.24, 2.45) is 0 Å². The number of sulfonamides is 1. The van der Waals surface area contributed by atoms with E-state index in [1.165, 1.54) is 16.4 Å². The number of carbonyl (C=O) groups excluding carboxylic acids is 1. The zero-order chi connectivity index (χ0) is 24.8. The molecule has 1 saturated heterocycles. The molecule has 4 rings (SSSR count). The second-order valence-electron chi connectivity index (χ2n) is 8.15. The lowest BCUT2D eigenvalue weighted by Crippen LogP contribution is -2.36. The maximum Gasteiger partial charge on any atom is 0.264 e. The average molecular weight is 490 g/mol. The van der Waals surface area contributed by atoms with Gasteiger partial charge in [0.15, 0.2) is 0 Å². The smallest absolute Gasteiger partial charge is 0.264 e. The van der Waals surface area contributed by atoms with Gasteiger partial charge >= 0.3 is 0 Å². The van der Waals surface area contributed by atoms with Crippen molar-refractivity contribution in [2.45, 2.75) is 18.2 Å². The van der Waals surface area contributed by atoms with Crippen LogP contribution in [0.15, 0.2) is 77.8 Å². The van der Waals surface area contributed by atoms with Crippen molar-refractivity contribution >= 4 is 27.4 Å². The van der Waals surface area contributed by atoms with Crippen molar-refractivity contribution in [3.8, 4) is 6.07 Å². The van der Waals surface area contributed by atoms with Crippen molar-refractivity contribution in [1.29, 1.82) is 5.26 Å². The van der Waals surface area contributed by atoms with Gasteiger partial charge in [0.05, 0.1) is 16.1 Å². The Balaban J connectivity index is 1.54. The summed E-state index contributed by atoms with van der Waals surface area (Å²) in [6.45, 7) is 4.24.